The highest BCUT2D eigenvalue weighted by Gasteiger charge is 2.48. The van der Waals surface area contributed by atoms with Crippen molar-refractivity contribution in [1.82, 2.24) is 0 Å². The Morgan fingerprint density at radius 3 is 2.31 bits per heavy atom. The van der Waals surface area contributed by atoms with Gasteiger partial charge in [-0.05, 0) is 6.42 Å². The second kappa shape index (κ2) is 3.97. The summed E-state index contributed by atoms with van der Waals surface area (Å²) < 4.78 is 57.9. The third kappa shape index (κ3) is 2.88. The van der Waals surface area contributed by atoms with E-state index in [1.54, 1.807) is 0 Å². The maximum Gasteiger partial charge on any atom is 0.428 e. The molecular weight excluding hydrogens is 210 g/mol. The van der Waals surface area contributed by atoms with Crippen LogP contribution in [0.4, 0.5) is 8.78 Å². The van der Waals surface area contributed by atoms with E-state index in [4.69, 9.17) is 0 Å². The molecule has 0 saturated heterocycles. The molecule has 5 nitrogen and oxygen atoms in total. The maximum atomic E-state index is 12.3. The number of alkyl halides is 2. The van der Waals surface area contributed by atoms with Crippen LogP contribution in [0.2, 0.25) is 0 Å². The van der Waals surface area contributed by atoms with Crippen molar-refractivity contribution in [3.05, 3.63) is 0 Å². The number of rotatable bonds is 4. The van der Waals surface area contributed by atoms with Crippen LogP contribution < -0.4 is 0 Å². The number of hydrogen-bond acceptors (Lipinski definition) is 5. The first kappa shape index (κ1) is 12.2. The molecule has 0 aromatic heterocycles. The number of carbonyl (C=O) groups excluding carboxylic acids is 1. The van der Waals surface area contributed by atoms with Gasteiger partial charge in [0.05, 0.1) is 6.61 Å². The summed E-state index contributed by atoms with van der Waals surface area (Å²) in [5.41, 5.74) is 0. The molecule has 0 aliphatic rings. The molecule has 0 rings (SSSR count). The van der Waals surface area contributed by atoms with Crippen LogP contribution in [-0.2, 0) is 19.6 Å². The molecule has 0 unspecified atom stereocenters. The summed E-state index contributed by atoms with van der Waals surface area (Å²) in [6, 6.07) is 0. The Bertz CT molecular complexity index is 283. The second-order valence-corrected chi connectivity index (χ2v) is 3.53. The van der Waals surface area contributed by atoms with E-state index in [9.17, 15) is 26.5 Å². The zero-order chi connectivity index (χ0) is 10.7. The molecule has 13 heavy (non-hydrogen) atoms. The Labute approximate surface area is 73.4 Å². The Hall–Kier alpha value is -0.760. The Morgan fingerprint density at radius 1 is 1.54 bits per heavy atom. The lowest BCUT2D eigenvalue weighted by Crippen LogP contribution is -2.39. The molecule has 8 heteroatoms. The summed E-state index contributed by atoms with van der Waals surface area (Å²) in [5, 5.41) is -5.00. The van der Waals surface area contributed by atoms with Crippen molar-refractivity contribution >= 4 is 16.1 Å². The van der Waals surface area contributed by atoms with Gasteiger partial charge in [-0.3, -0.25) is 0 Å². The first-order chi connectivity index (χ1) is 5.73. The highest BCUT2D eigenvalue weighted by Crippen LogP contribution is 2.21. The highest BCUT2D eigenvalue weighted by molar-refractivity contribution is 7.87. The van der Waals surface area contributed by atoms with Crippen molar-refractivity contribution in [1.29, 1.82) is 0 Å². The molecule has 0 atom stereocenters. The quantitative estimate of drug-likeness (QED) is 0.491. The third-order valence-corrected chi connectivity index (χ3v) is 1.78. The third-order valence-electron chi connectivity index (χ3n) is 0.989. The van der Waals surface area contributed by atoms with E-state index < -0.39 is 21.3 Å². The summed E-state index contributed by atoms with van der Waals surface area (Å²) in [6.45, 7) is 1.17. The largest absolute Gasteiger partial charge is 0.743 e. The highest BCUT2D eigenvalue weighted by atomic mass is 32.2. The molecular formula is C5H7F2O5S-. The molecule has 0 heterocycles. The first-order valence-electron chi connectivity index (χ1n) is 3.24. The Balaban J connectivity index is 4.57. The van der Waals surface area contributed by atoms with Gasteiger partial charge in [-0.15, -0.1) is 0 Å². The van der Waals surface area contributed by atoms with Crippen molar-refractivity contribution in [3.8, 4) is 0 Å². The molecule has 0 aromatic carbocycles. The van der Waals surface area contributed by atoms with E-state index in [0.29, 0.717) is 0 Å². The van der Waals surface area contributed by atoms with E-state index in [1.165, 1.54) is 6.92 Å². The van der Waals surface area contributed by atoms with E-state index in [2.05, 4.69) is 4.74 Å². The minimum atomic E-state index is -5.99. The summed E-state index contributed by atoms with van der Waals surface area (Å²) in [4.78, 5) is 10.3. The van der Waals surface area contributed by atoms with E-state index in [0.717, 1.165) is 0 Å². The summed E-state index contributed by atoms with van der Waals surface area (Å²) in [5.74, 6) is -2.33. The van der Waals surface area contributed by atoms with Crippen molar-refractivity contribution in [2.24, 2.45) is 0 Å². The van der Waals surface area contributed by atoms with Gasteiger partial charge in [0.15, 0.2) is 10.1 Å². The predicted molar refractivity (Wildman–Crippen MR) is 35.9 cm³/mol. The number of halogens is 2. The number of carbonyl (C=O) groups is 1. The monoisotopic (exact) mass is 217 g/mol. The molecule has 0 fully saturated rings. The van der Waals surface area contributed by atoms with Crippen LogP contribution in [-0.4, -0.2) is 30.8 Å². The van der Waals surface area contributed by atoms with Crippen LogP contribution in [0.5, 0.6) is 0 Å². The fourth-order valence-electron chi connectivity index (χ4n) is 0.381. The molecule has 0 amide bonds. The molecule has 0 radical (unpaired) electrons. The van der Waals surface area contributed by atoms with E-state index >= 15 is 0 Å². The van der Waals surface area contributed by atoms with Crippen LogP contribution in [0.25, 0.3) is 0 Å². The molecule has 0 N–H and O–H groups in total. The SMILES string of the molecule is CCCOC(=O)C(F)(F)S(=O)(=O)[O-]. The molecule has 0 bridgehead atoms. The van der Waals surface area contributed by atoms with Crippen molar-refractivity contribution < 1.29 is 31.3 Å². The summed E-state index contributed by atoms with van der Waals surface area (Å²) >= 11 is 0. The van der Waals surface area contributed by atoms with Gasteiger partial charge < -0.3 is 9.29 Å². The number of esters is 1. The average Bonchev–Trinajstić information content (AvgIpc) is 1.97. The molecule has 0 spiro atoms. The van der Waals surface area contributed by atoms with Gasteiger partial charge in [0.1, 0.15) is 0 Å². The smallest absolute Gasteiger partial charge is 0.428 e. The summed E-state index contributed by atoms with van der Waals surface area (Å²) in [6.07, 6.45) is 0.251. The second-order valence-electron chi connectivity index (χ2n) is 2.11. The van der Waals surface area contributed by atoms with Gasteiger partial charge in [0.2, 0.25) is 0 Å². The molecule has 0 saturated carbocycles. The zero-order valence-corrected chi connectivity index (χ0v) is 7.44. The first-order valence-corrected chi connectivity index (χ1v) is 4.64. The maximum absolute atomic E-state index is 12.3. The van der Waals surface area contributed by atoms with Gasteiger partial charge in [-0.2, -0.15) is 8.78 Å². The van der Waals surface area contributed by atoms with Crippen LogP contribution in [0.15, 0.2) is 0 Å². The topological polar surface area (TPSA) is 83.5 Å². The molecule has 0 aliphatic heterocycles. The van der Waals surface area contributed by atoms with Gasteiger partial charge in [0, 0.05) is 0 Å². The van der Waals surface area contributed by atoms with Crippen LogP contribution >= 0.6 is 0 Å². The van der Waals surface area contributed by atoms with Gasteiger partial charge in [-0.25, -0.2) is 13.2 Å². The normalized spacial score (nSPS) is 12.6. The average molecular weight is 217 g/mol. The van der Waals surface area contributed by atoms with Gasteiger partial charge in [-0.1, -0.05) is 6.92 Å². The summed E-state index contributed by atoms with van der Waals surface area (Å²) in [7, 11) is -5.99. The van der Waals surface area contributed by atoms with Crippen LogP contribution in [0.1, 0.15) is 13.3 Å². The molecule has 0 aliphatic carbocycles. The minimum Gasteiger partial charge on any atom is -0.743 e. The number of ether oxygens (including phenoxy) is 1. The zero-order valence-electron chi connectivity index (χ0n) is 6.62. The fraction of sp³-hybridized carbons (Fsp3) is 0.800. The fourth-order valence-corrected chi connectivity index (χ4v) is 0.644. The van der Waals surface area contributed by atoms with Crippen molar-refractivity contribution in [2.45, 2.75) is 18.6 Å². The lowest BCUT2D eigenvalue weighted by molar-refractivity contribution is -0.161. The van der Waals surface area contributed by atoms with Crippen molar-refractivity contribution in [2.75, 3.05) is 6.61 Å². The van der Waals surface area contributed by atoms with Gasteiger partial charge in [0.25, 0.3) is 0 Å². The number of hydrogen-bond donors (Lipinski definition) is 0. The lowest BCUT2D eigenvalue weighted by atomic mass is 10.5. The van der Waals surface area contributed by atoms with E-state index in [1.807, 2.05) is 0 Å². The lowest BCUT2D eigenvalue weighted by Gasteiger charge is -2.17. The predicted octanol–water partition coefficient (Wildman–Crippen LogP) is 0.0776. The van der Waals surface area contributed by atoms with Crippen LogP contribution in [0.3, 0.4) is 0 Å². The van der Waals surface area contributed by atoms with Crippen LogP contribution in [0, 0.1) is 0 Å². The molecule has 78 valence electrons. The standard InChI is InChI=1S/C5H8F2O5S/c1-2-3-12-4(8)5(6,7)13(9,10)11/h2-3H2,1H3,(H,9,10,11)/p-1. The Morgan fingerprint density at radius 2 is 2.00 bits per heavy atom. The minimum absolute atomic E-state index is 0.251. The molecule has 0 aromatic rings. The van der Waals surface area contributed by atoms with E-state index in [-0.39, 0.29) is 13.0 Å². The Kier molecular flexibility index (Phi) is 3.73. The van der Waals surface area contributed by atoms with Gasteiger partial charge >= 0.3 is 11.2 Å². The van der Waals surface area contributed by atoms with Crippen molar-refractivity contribution in [3.63, 3.8) is 0 Å².